The second kappa shape index (κ2) is 9.32. The van der Waals surface area contributed by atoms with Gasteiger partial charge in [0, 0.05) is 36.6 Å². The van der Waals surface area contributed by atoms with Gasteiger partial charge in [0.15, 0.2) is 23.1 Å². The van der Waals surface area contributed by atoms with Crippen molar-refractivity contribution in [2.24, 2.45) is 0 Å². The zero-order valence-electron chi connectivity index (χ0n) is 19.9. The van der Waals surface area contributed by atoms with Crippen LogP contribution in [0.1, 0.15) is 55.3 Å². The summed E-state index contributed by atoms with van der Waals surface area (Å²) in [6, 6.07) is 9.68. The molecule has 34 heavy (non-hydrogen) atoms. The van der Waals surface area contributed by atoms with Crippen molar-refractivity contribution in [2.75, 3.05) is 37.0 Å². The number of para-hydroxylation sites is 1. The Morgan fingerprint density at radius 3 is 2.56 bits per heavy atom. The molecule has 0 saturated carbocycles. The van der Waals surface area contributed by atoms with Crippen molar-refractivity contribution in [3.8, 4) is 17.3 Å². The van der Waals surface area contributed by atoms with Gasteiger partial charge in [-0.2, -0.15) is 9.78 Å². The lowest BCUT2D eigenvalue weighted by molar-refractivity contribution is -0.116. The fourth-order valence-corrected chi connectivity index (χ4v) is 4.97. The highest BCUT2D eigenvalue weighted by atomic mass is 16.5. The first-order chi connectivity index (χ1) is 16.6. The number of nitrogens with one attached hydrogen (secondary N) is 1. The maximum atomic E-state index is 12.8. The first-order valence-corrected chi connectivity index (χ1v) is 11.9. The zero-order valence-corrected chi connectivity index (χ0v) is 19.9. The molecule has 1 N–H and O–H groups in total. The van der Waals surface area contributed by atoms with Gasteiger partial charge in [-0.1, -0.05) is 12.1 Å². The number of ether oxygens (including phenoxy) is 2. The molecule has 1 atom stereocenters. The third-order valence-electron chi connectivity index (χ3n) is 6.53. The van der Waals surface area contributed by atoms with Crippen molar-refractivity contribution in [2.45, 2.75) is 45.4 Å². The van der Waals surface area contributed by atoms with E-state index in [1.807, 2.05) is 44.2 Å². The number of benzene rings is 1. The molecule has 4 heterocycles. The lowest BCUT2D eigenvalue weighted by atomic mass is 9.85. The SMILES string of the molecule is CCOc1c(OC)cccc1[C@@H]1CC(=O)Nc2c1c(C)nn2-c1ccc(N2CCCCC2)nn1. The summed E-state index contributed by atoms with van der Waals surface area (Å²) in [4.78, 5) is 15.1. The van der Waals surface area contributed by atoms with Crippen molar-refractivity contribution in [3.63, 3.8) is 0 Å². The number of rotatable bonds is 6. The number of aromatic nitrogens is 4. The number of anilines is 2. The topological polar surface area (TPSA) is 94.4 Å². The van der Waals surface area contributed by atoms with E-state index in [2.05, 4.69) is 20.4 Å². The quantitative estimate of drug-likeness (QED) is 0.595. The average Bonchev–Trinajstić information content (AvgIpc) is 3.20. The van der Waals surface area contributed by atoms with Crippen LogP contribution in [0.5, 0.6) is 11.5 Å². The molecule has 0 aliphatic carbocycles. The normalized spacial score (nSPS) is 17.8. The Morgan fingerprint density at radius 2 is 1.85 bits per heavy atom. The highest BCUT2D eigenvalue weighted by Crippen LogP contribution is 2.45. The predicted octanol–water partition coefficient (Wildman–Crippen LogP) is 3.84. The molecule has 0 unspecified atom stereocenters. The number of hydrogen-bond donors (Lipinski definition) is 1. The summed E-state index contributed by atoms with van der Waals surface area (Å²) < 4.78 is 13.2. The molecule has 2 aliphatic rings. The van der Waals surface area contributed by atoms with E-state index in [4.69, 9.17) is 14.6 Å². The van der Waals surface area contributed by atoms with Crippen LogP contribution in [0.2, 0.25) is 0 Å². The first-order valence-electron chi connectivity index (χ1n) is 11.9. The van der Waals surface area contributed by atoms with Crippen LogP contribution in [0.4, 0.5) is 11.6 Å². The van der Waals surface area contributed by atoms with E-state index < -0.39 is 0 Å². The van der Waals surface area contributed by atoms with Gasteiger partial charge in [-0.15, -0.1) is 10.2 Å². The Balaban J connectivity index is 1.55. The molecular weight excluding hydrogens is 432 g/mol. The Kier molecular flexibility index (Phi) is 6.08. The number of amides is 1. The predicted molar refractivity (Wildman–Crippen MR) is 129 cm³/mol. The summed E-state index contributed by atoms with van der Waals surface area (Å²) >= 11 is 0. The summed E-state index contributed by atoms with van der Waals surface area (Å²) in [5, 5.41) is 16.7. The Hall–Kier alpha value is -3.62. The molecule has 9 nitrogen and oxygen atoms in total. The second-order valence-electron chi connectivity index (χ2n) is 8.67. The van der Waals surface area contributed by atoms with Crippen LogP contribution in [-0.2, 0) is 4.79 Å². The van der Waals surface area contributed by atoms with Gasteiger partial charge in [0.05, 0.1) is 19.4 Å². The van der Waals surface area contributed by atoms with Gasteiger partial charge in [-0.3, -0.25) is 4.79 Å². The number of piperidine rings is 1. The minimum absolute atomic E-state index is 0.0817. The molecule has 2 aromatic heterocycles. The van der Waals surface area contributed by atoms with Crippen molar-refractivity contribution in [1.82, 2.24) is 20.0 Å². The minimum Gasteiger partial charge on any atom is -0.493 e. The average molecular weight is 463 g/mol. The molecule has 5 rings (SSSR count). The second-order valence-corrected chi connectivity index (χ2v) is 8.67. The third-order valence-corrected chi connectivity index (χ3v) is 6.53. The molecule has 178 valence electrons. The summed E-state index contributed by atoms with van der Waals surface area (Å²) in [6.45, 7) is 6.40. The van der Waals surface area contributed by atoms with E-state index in [0.717, 1.165) is 35.7 Å². The molecule has 0 spiro atoms. The van der Waals surface area contributed by atoms with Crippen LogP contribution in [0.3, 0.4) is 0 Å². The number of methoxy groups -OCH3 is 1. The highest BCUT2D eigenvalue weighted by Gasteiger charge is 2.35. The standard InChI is InChI=1S/C25H30N6O3/c1-4-34-24-17(9-8-10-19(24)33-3)18-15-22(32)26-25-23(18)16(2)29-31(25)21-12-11-20(27-28-21)30-13-6-5-7-14-30/h8-12,18H,4-7,13-15H2,1-3H3,(H,26,32)/t18-/m0/s1. The van der Waals surface area contributed by atoms with Gasteiger partial charge in [0.25, 0.3) is 0 Å². The summed E-state index contributed by atoms with van der Waals surface area (Å²) in [5.41, 5.74) is 2.69. The lowest BCUT2D eigenvalue weighted by Crippen LogP contribution is -2.30. The first kappa shape index (κ1) is 22.2. The number of carbonyl (C=O) groups excluding carboxylic acids is 1. The minimum atomic E-state index is -0.213. The molecule has 0 bridgehead atoms. The van der Waals surface area contributed by atoms with Crippen LogP contribution in [0, 0.1) is 6.92 Å². The largest absolute Gasteiger partial charge is 0.493 e. The summed E-state index contributed by atoms with van der Waals surface area (Å²) in [6.07, 6.45) is 3.92. The van der Waals surface area contributed by atoms with Crippen molar-refractivity contribution in [1.29, 1.82) is 0 Å². The highest BCUT2D eigenvalue weighted by molar-refractivity contribution is 5.95. The van der Waals surface area contributed by atoms with Crippen LogP contribution in [-0.4, -0.2) is 52.7 Å². The zero-order chi connectivity index (χ0) is 23.7. The van der Waals surface area contributed by atoms with Crippen LogP contribution < -0.4 is 19.7 Å². The Labute approximate surface area is 199 Å². The number of aryl methyl sites for hydroxylation is 1. The van der Waals surface area contributed by atoms with E-state index in [1.54, 1.807) is 11.8 Å². The maximum absolute atomic E-state index is 12.8. The van der Waals surface area contributed by atoms with Crippen LogP contribution in [0.25, 0.3) is 5.82 Å². The lowest BCUT2D eigenvalue weighted by Gasteiger charge is -2.27. The molecule has 1 fully saturated rings. The van der Waals surface area contributed by atoms with Gasteiger partial charge in [-0.25, -0.2) is 0 Å². The van der Waals surface area contributed by atoms with Crippen molar-refractivity contribution < 1.29 is 14.3 Å². The molecule has 3 aromatic rings. The fourth-order valence-electron chi connectivity index (χ4n) is 4.97. The third kappa shape index (κ3) is 3.95. The van der Waals surface area contributed by atoms with Crippen LogP contribution >= 0.6 is 0 Å². The summed E-state index contributed by atoms with van der Waals surface area (Å²) in [7, 11) is 1.62. The van der Waals surface area contributed by atoms with E-state index in [-0.39, 0.29) is 11.8 Å². The van der Waals surface area contributed by atoms with Gasteiger partial charge in [-0.05, 0) is 51.3 Å². The maximum Gasteiger partial charge on any atom is 0.226 e. The van der Waals surface area contributed by atoms with Gasteiger partial charge in [0.2, 0.25) is 5.91 Å². The molecule has 0 radical (unpaired) electrons. The molecule has 2 aliphatic heterocycles. The molecule has 9 heteroatoms. The van der Waals surface area contributed by atoms with E-state index in [1.165, 1.54) is 19.3 Å². The van der Waals surface area contributed by atoms with Gasteiger partial charge >= 0.3 is 0 Å². The van der Waals surface area contributed by atoms with E-state index in [9.17, 15) is 4.79 Å². The molecular formula is C25H30N6O3. The molecule has 1 aromatic carbocycles. The van der Waals surface area contributed by atoms with Crippen LogP contribution in [0.15, 0.2) is 30.3 Å². The number of fused-ring (bicyclic) bond motifs is 1. The molecule has 1 saturated heterocycles. The summed E-state index contributed by atoms with van der Waals surface area (Å²) in [5.74, 6) is 3.09. The van der Waals surface area contributed by atoms with Crippen molar-refractivity contribution >= 4 is 17.5 Å². The Bertz CT molecular complexity index is 1180. The number of carbonyl (C=O) groups is 1. The van der Waals surface area contributed by atoms with Gasteiger partial charge < -0.3 is 19.7 Å². The fraction of sp³-hybridized carbons (Fsp3) is 0.440. The Morgan fingerprint density at radius 1 is 1.09 bits per heavy atom. The van der Waals surface area contributed by atoms with Crippen molar-refractivity contribution in [3.05, 3.63) is 47.2 Å². The van der Waals surface area contributed by atoms with E-state index in [0.29, 0.717) is 36.2 Å². The van der Waals surface area contributed by atoms with Gasteiger partial charge in [0.1, 0.15) is 5.82 Å². The smallest absolute Gasteiger partial charge is 0.226 e. The number of hydrogen-bond acceptors (Lipinski definition) is 7. The van der Waals surface area contributed by atoms with E-state index >= 15 is 0 Å². The molecule has 1 amide bonds. The monoisotopic (exact) mass is 462 g/mol. The number of nitrogens with zero attached hydrogens (tertiary/aromatic N) is 5.